The largest absolute Gasteiger partial charge is 1.00 e. The Morgan fingerprint density at radius 2 is 1.27 bits per heavy atom. The number of nitrogens with zero attached hydrogens (tertiary/aromatic N) is 2. The van der Waals surface area contributed by atoms with Gasteiger partial charge in [0.05, 0.1) is 38.8 Å². The first kappa shape index (κ1) is 46.9. The summed E-state index contributed by atoms with van der Waals surface area (Å²) < 4.78 is 95.7. The van der Waals surface area contributed by atoms with Crippen molar-refractivity contribution in [2.24, 2.45) is 10.2 Å². The van der Waals surface area contributed by atoms with Crippen LogP contribution in [0.25, 0.3) is 10.8 Å². The Bertz CT molecular complexity index is 2250. The van der Waals surface area contributed by atoms with Crippen molar-refractivity contribution in [3.8, 4) is 11.5 Å². The summed E-state index contributed by atoms with van der Waals surface area (Å²) in [6.07, 6.45) is 0. The number of carboxylic acid groups (broad SMARTS) is 2. The van der Waals surface area contributed by atoms with E-state index in [2.05, 4.69) is 10.2 Å². The van der Waals surface area contributed by atoms with Crippen LogP contribution < -0.4 is 143 Å². The zero-order chi connectivity index (χ0) is 32.8. The van der Waals surface area contributed by atoms with Gasteiger partial charge in [0, 0.05) is 5.39 Å². The molecule has 48 heavy (non-hydrogen) atoms. The standard InChI is InChI=1S/C24H17N3O14S3.4Na/c28-18-6-5-14(9-16(18)24(32)33)42(34,35)27-17-10-15(43(36,37)38)7-12-8-19(44(39,40)41)21(22(29)20(12)17)26-25-13-3-1-11(2-4-13)23(30)31;;;;/h1-10,27-29H,(H,30,31)(H,32,33)(H,36,37,38)(H,39,40,41);;;;/q;4*+1/p-4. The van der Waals surface area contributed by atoms with Gasteiger partial charge in [0.25, 0.3) is 30.3 Å². The predicted molar refractivity (Wildman–Crippen MR) is 139 cm³/mol. The maximum absolute atomic E-state index is 13.6. The number of hydrogen-bond donors (Lipinski definition) is 3. The van der Waals surface area contributed by atoms with Gasteiger partial charge in [0.1, 0.15) is 4.90 Å². The van der Waals surface area contributed by atoms with E-state index < -0.39 is 96.1 Å². The molecule has 0 atom stereocenters. The van der Waals surface area contributed by atoms with Crippen LogP contribution in [0.2, 0.25) is 0 Å². The summed E-state index contributed by atoms with van der Waals surface area (Å²) in [5.41, 5.74) is -3.43. The Kier molecular flexibility index (Phi) is 17.4. The van der Waals surface area contributed by atoms with Crippen molar-refractivity contribution < 1.29 is 183 Å². The first-order chi connectivity index (χ1) is 20.3. The number of anilines is 1. The second kappa shape index (κ2) is 17.9. The molecule has 0 unspecified atom stereocenters. The molecule has 0 aromatic heterocycles. The zero-order valence-electron chi connectivity index (χ0n) is 25.2. The molecule has 17 nitrogen and oxygen atoms in total. The number of carbonyl (C=O) groups is 2. The number of fused-ring (bicyclic) bond motifs is 1. The van der Waals surface area contributed by atoms with E-state index in [1.54, 1.807) is 0 Å². The van der Waals surface area contributed by atoms with Crippen LogP contribution in [0.1, 0.15) is 20.7 Å². The van der Waals surface area contributed by atoms with Crippen molar-refractivity contribution in [1.82, 2.24) is 0 Å². The van der Waals surface area contributed by atoms with Gasteiger partial charge in [-0.15, -0.1) is 5.11 Å². The Hall–Kier alpha value is -1.15. The van der Waals surface area contributed by atoms with Gasteiger partial charge in [-0.05, 0) is 59.0 Å². The summed E-state index contributed by atoms with van der Waals surface area (Å²) in [7, 11) is -15.4. The molecule has 4 rings (SSSR count). The molecule has 0 spiro atoms. The monoisotopic (exact) mass is 755 g/mol. The zero-order valence-corrected chi connectivity index (χ0v) is 35.6. The van der Waals surface area contributed by atoms with Gasteiger partial charge in [-0.25, -0.2) is 8.42 Å². The van der Waals surface area contributed by atoms with Crippen LogP contribution >= 0.6 is 0 Å². The second-order valence-electron chi connectivity index (χ2n) is 8.66. The molecule has 24 heteroatoms. The van der Waals surface area contributed by atoms with Crippen molar-refractivity contribution in [2.75, 3.05) is 4.72 Å². The summed E-state index contributed by atoms with van der Waals surface area (Å²) in [4.78, 5) is 19.0. The molecule has 4 aromatic carbocycles. The molecular formula is C24H13N3Na4O14S3. The van der Waals surface area contributed by atoms with E-state index in [9.17, 15) is 64.4 Å². The predicted octanol–water partition coefficient (Wildman–Crippen LogP) is -12.6. The number of azo groups is 1. The Balaban J connectivity index is 0.00000552. The van der Waals surface area contributed by atoms with E-state index in [0.717, 1.165) is 24.3 Å². The first-order valence-electron chi connectivity index (χ1n) is 11.3. The van der Waals surface area contributed by atoms with Crippen LogP contribution in [0.3, 0.4) is 0 Å². The van der Waals surface area contributed by atoms with Gasteiger partial charge >= 0.3 is 118 Å². The molecule has 0 radical (unpaired) electrons. The van der Waals surface area contributed by atoms with E-state index in [-0.39, 0.29) is 129 Å². The number of carboxylic acids is 2. The molecule has 4 aromatic rings. The number of benzene rings is 4. The topological polar surface area (TPSA) is 306 Å². The Morgan fingerprint density at radius 1 is 0.688 bits per heavy atom. The SMILES string of the molecule is O=C([O-])c1ccc(N=Nc2c(S(=O)(=O)O)cc3cc(S(=O)(=O)O)cc(NS(=O)(=O)c4ccc([O-])c(C(=O)[O-])c4)c3c2[O-])cc1.[Na+].[Na+].[Na+].[Na+]. The maximum atomic E-state index is 13.6. The van der Waals surface area contributed by atoms with E-state index in [4.69, 9.17) is 0 Å². The van der Waals surface area contributed by atoms with Gasteiger partial charge in [-0.3, -0.25) is 13.8 Å². The summed E-state index contributed by atoms with van der Waals surface area (Å²) in [5.74, 6) is -6.09. The van der Waals surface area contributed by atoms with Crippen LogP contribution in [0.15, 0.2) is 85.6 Å². The number of aromatic carboxylic acids is 2. The second-order valence-corrected chi connectivity index (χ2v) is 13.2. The molecule has 0 saturated heterocycles. The molecule has 0 saturated carbocycles. The Labute approximate surface area is 360 Å². The summed E-state index contributed by atoms with van der Waals surface area (Å²) in [6.45, 7) is 0. The quantitative estimate of drug-likeness (QED) is 0.0812. The van der Waals surface area contributed by atoms with E-state index in [0.29, 0.717) is 36.4 Å². The average molecular weight is 756 g/mol. The van der Waals surface area contributed by atoms with Crippen molar-refractivity contribution in [3.05, 3.63) is 71.8 Å². The number of carbonyl (C=O) groups excluding carboxylic acids is 2. The fraction of sp³-hybridized carbons (Fsp3) is 0. The fourth-order valence-corrected chi connectivity index (χ4v) is 6.06. The van der Waals surface area contributed by atoms with Gasteiger partial charge in [-0.2, -0.15) is 21.9 Å². The molecule has 0 aliphatic heterocycles. The maximum Gasteiger partial charge on any atom is 1.00 e. The van der Waals surface area contributed by atoms with Crippen LogP contribution in [0.5, 0.6) is 11.5 Å². The molecule has 0 amide bonds. The van der Waals surface area contributed by atoms with Crippen LogP contribution in [0, 0.1) is 0 Å². The van der Waals surface area contributed by atoms with E-state index in [1.807, 2.05) is 4.72 Å². The first-order valence-corrected chi connectivity index (χ1v) is 15.7. The summed E-state index contributed by atoms with van der Waals surface area (Å²) >= 11 is 0. The van der Waals surface area contributed by atoms with Crippen molar-refractivity contribution in [2.45, 2.75) is 14.7 Å². The third-order valence-corrected chi connectivity index (χ3v) is 8.84. The Morgan fingerprint density at radius 3 is 1.77 bits per heavy atom. The number of rotatable bonds is 9. The molecule has 0 aliphatic carbocycles. The van der Waals surface area contributed by atoms with Gasteiger partial charge in [0.2, 0.25) is 0 Å². The molecule has 0 bridgehead atoms. The average Bonchev–Trinajstić information content (AvgIpc) is 2.91. The van der Waals surface area contributed by atoms with E-state index >= 15 is 0 Å². The fourth-order valence-electron chi connectivity index (χ4n) is 3.78. The van der Waals surface area contributed by atoms with Crippen LogP contribution in [0.4, 0.5) is 17.1 Å². The third kappa shape index (κ3) is 10.7. The van der Waals surface area contributed by atoms with Gasteiger partial charge < -0.3 is 30.0 Å². The molecule has 3 N–H and O–H groups in total. The van der Waals surface area contributed by atoms with Gasteiger partial charge in [-0.1, -0.05) is 29.7 Å². The smallest absolute Gasteiger partial charge is 0.872 e. The number of nitrogens with one attached hydrogen (secondary N) is 1. The molecular weight excluding hydrogens is 742 g/mol. The van der Waals surface area contributed by atoms with Crippen LogP contribution in [-0.4, -0.2) is 46.3 Å². The van der Waals surface area contributed by atoms with E-state index in [1.165, 1.54) is 0 Å². The molecule has 230 valence electrons. The minimum Gasteiger partial charge on any atom is -0.872 e. The van der Waals surface area contributed by atoms with Crippen molar-refractivity contribution in [3.63, 3.8) is 0 Å². The molecule has 0 heterocycles. The normalized spacial score (nSPS) is 11.4. The van der Waals surface area contributed by atoms with Gasteiger partial charge in [0.15, 0.2) is 0 Å². The third-order valence-electron chi connectivity index (χ3n) is 5.77. The molecule has 0 fully saturated rings. The van der Waals surface area contributed by atoms with Crippen molar-refractivity contribution in [1.29, 1.82) is 0 Å². The molecule has 0 aliphatic rings. The number of sulfonamides is 1. The van der Waals surface area contributed by atoms with Crippen molar-refractivity contribution >= 4 is 70.0 Å². The number of hydrogen-bond acceptors (Lipinski definition) is 14. The minimum absolute atomic E-state index is 0. The van der Waals surface area contributed by atoms with Crippen LogP contribution in [-0.2, 0) is 30.3 Å². The minimum atomic E-state index is -5.31. The summed E-state index contributed by atoms with van der Waals surface area (Å²) in [5, 5.41) is 53.2. The summed E-state index contributed by atoms with van der Waals surface area (Å²) in [6, 6.07) is 7.57.